The van der Waals surface area contributed by atoms with Crippen molar-refractivity contribution in [3.63, 3.8) is 0 Å². The fourth-order valence-electron chi connectivity index (χ4n) is 3.91. The molecule has 1 aliphatic heterocycles. The molecular formula is C22H32FN7O. The van der Waals surface area contributed by atoms with E-state index < -0.39 is 0 Å². The molecule has 1 aromatic carbocycles. The molecule has 0 amide bonds. The van der Waals surface area contributed by atoms with Gasteiger partial charge in [-0.2, -0.15) is 0 Å². The molecule has 31 heavy (non-hydrogen) atoms. The maximum absolute atomic E-state index is 14.4. The summed E-state index contributed by atoms with van der Waals surface area (Å²) in [6.07, 6.45) is 1.95. The van der Waals surface area contributed by atoms with Crippen LogP contribution in [0.1, 0.15) is 30.1 Å². The summed E-state index contributed by atoms with van der Waals surface area (Å²) in [6, 6.07) is 7.09. The molecule has 4 rings (SSSR count). The number of halogens is 1. The van der Waals surface area contributed by atoms with Gasteiger partial charge >= 0.3 is 0 Å². The summed E-state index contributed by atoms with van der Waals surface area (Å²) in [5.74, 6) is 2.25. The summed E-state index contributed by atoms with van der Waals surface area (Å²) in [7, 11) is 1.94. The Hall–Kier alpha value is -2.52. The molecule has 9 heteroatoms. The Bertz CT molecular complexity index is 903. The second-order valence-electron chi connectivity index (χ2n) is 8.38. The van der Waals surface area contributed by atoms with Crippen LogP contribution >= 0.6 is 0 Å². The average Bonchev–Trinajstić information content (AvgIpc) is 3.51. The van der Waals surface area contributed by atoms with E-state index in [9.17, 15) is 4.39 Å². The molecular weight excluding hydrogens is 397 g/mol. The number of benzene rings is 1. The van der Waals surface area contributed by atoms with Crippen molar-refractivity contribution < 1.29 is 9.13 Å². The summed E-state index contributed by atoms with van der Waals surface area (Å²) in [5, 5.41) is 15.2. The van der Waals surface area contributed by atoms with Crippen LogP contribution in [0, 0.1) is 12.7 Å². The summed E-state index contributed by atoms with van der Waals surface area (Å²) in [4.78, 5) is 7.11. The highest BCUT2D eigenvalue weighted by Gasteiger charge is 2.45. The normalized spacial score (nSPS) is 18.7. The van der Waals surface area contributed by atoms with E-state index in [-0.39, 0.29) is 11.2 Å². The zero-order valence-corrected chi connectivity index (χ0v) is 18.4. The van der Waals surface area contributed by atoms with Crippen LogP contribution in [0.15, 0.2) is 29.3 Å². The van der Waals surface area contributed by atoms with Crippen molar-refractivity contribution in [1.82, 2.24) is 30.3 Å². The van der Waals surface area contributed by atoms with E-state index in [4.69, 9.17) is 9.73 Å². The van der Waals surface area contributed by atoms with Crippen LogP contribution < -0.4 is 10.6 Å². The van der Waals surface area contributed by atoms with Gasteiger partial charge in [-0.15, -0.1) is 10.2 Å². The van der Waals surface area contributed by atoms with Gasteiger partial charge in [-0.05, 0) is 31.4 Å². The summed E-state index contributed by atoms with van der Waals surface area (Å²) < 4.78 is 21.7. The van der Waals surface area contributed by atoms with Gasteiger partial charge in [0.2, 0.25) is 0 Å². The van der Waals surface area contributed by atoms with Crippen LogP contribution in [0.2, 0.25) is 0 Å². The SMILES string of the molecule is Cc1nnc(CN=C(NCCN2CCOCC2)NCC2(c3ccccc3F)CC2)n1C. The number of nitrogens with one attached hydrogen (secondary N) is 2. The maximum Gasteiger partial charge on any atom is 0.191 e. The van der Waals surface area contributed by atoms with Crippen LogP contribution in [0.5, 0.6) is 0 Å². The van der Waals surface area contributed by atoms with Gasteiger partial charge < -0.3 is 19.9 Å². The number of nitrogens with zero attached hydrogens (tertiary/aromatic N) is 5. The van der Waals surface area contributed by atoms with Gasteiger partial charge in [0.1, 0.15) is 18.2 Å². The van der Waals surface area contributed by atoms with Crippen molar-refractivity contribution in [2.75, 3.05) is 45.9 Å². The minimum absolute atomic E-state index is 0.130. The zero-order valence-electron chi connectivity index (χ0n) is 18.4. The van der Waals surface area contributed by atoms with Crippen molar-refractivity contribution in [2.45, 2.75) is 31.7 Å². The van der Waals surface area contributed by atoms with Crippen LogP contribution in [-0.4, -0.2) is 71.6 Å². The first-order valence-electron chi connectivity index (χ1n) is 11.0. The van der Waals surface area contributed by atoms with Crippen molar-refractivity contribution >= 4 is 5.96 Å². The number of morpholine rings is 1. The first-order valence-corrected chi connectivity index (χ1v) is 11.0. The molecule has 0 radical (unpaired) electrons. The Morgan fingerprint density at radius 2 is 1.97 bits per heavy atom. The molecule has 0 unspecified atom stereocenters. The largest absolute Gasteiger partial charge is 0.379 e. The van der Waals surface area contributed by atoms with Crippen LogP contribution in [0.25, 0.3) is 0 Å². The molecule has 0 bridgehead atoms. The number of aromatic nitrogens is 3. The summed E-state index contributed by atoms with van der Waals surface area (Å²) in [6.45, 7) is 8.18. The van der Waals surface area contributed by atoms with E-state index >= 15 is 0 Å². The third kappa shape index (κ3) is 5.40. The fourth-order valence-corrected chi connectivity index (χ4v) is 3.91. The summed E-state index contributed by atoms with van der Waals surface area (Å²) >= 11 is 0. The van der Waals surface area contributed by atoms with Crippen molar-refractivity contribution in [3.8, 4) is 0 Å². The van der Waals surface area contributed by atoms with Crippen LogP contribution in [-0.2, 0) is 23.7 Å². The second kappa shape index (κ2) is 9.74. The number of hydrogen-bond acceptors (Lipinski definition) is 5. The van der Waals surface area contributed by atoms with Gasteiger partial charge in [0.15, 0.2) is 11.8 Å². The number of rotatable bonds is 8. The molecule has 1 aliphatic carbocycles. The minimum Gasteiger partial charge on any atom is -0.379 e. The molecule has 2 fully saturated rings. The molecule has 2 N–H and O–H groups in total. The van der Waals surface area contributed by atoms with Crippen molar-refractivity contribution in [3.05, 3.63) is 47.3 Å². The quantitative estimate of drug-likeness (QED) is 0.487. The Morgan fingerprint density at radius 3 is 2.65 bits per heavy atom. The van der Waals surface area contributed by atoms with E-state index in [1.165, 1.54) is 0 Å². The maximum atomic E-state index is 14.4. The summed E-state index contributed by atoms with van der Waals surface area (Å²) in [5.41, 5.74) is 0.637. The van der Waals surface area contributed by atoms with Gasteiger partial charge in [-0.1, -0.05) is 18.2 Å². The smallest absolute Gasteiger partial charge is 0.191 e. The molecule has 2 aromatic rings. The Balaban J connectivity index is 1.39. The average molecular weight is 430 g/mol. The number of aryl methyl sites for hydroxylation is 1. The standard InChI is InChI=1S/C22H32FN7O/c1-17-27-28-20(29(17)2)15-25-21(24-9-10-30-11-13-31-14-12-30)26-16-22(7-8-22)18-5-3-4-6-19(18)23/h3-6H,7-16H2,1-2H3,(H2,24,25,26). The third-order valence-corrected chi connectivity index (χ3v) is 6.28. The monoisotopic (exact) mass is 429 g/mol. The molecule has 168 valence electrons. The zero-order chi connectivity index (χ0) is 21.7. The predicted octanol–water partition coefficient (Wildman–Crippen LogP) is 1.36. The number of aliphatic imine (C=N–C) groups is 1. The molecule has 2 heterocycles. The highest BCUT2D eigenvalue weighted by molar-refractivity contribution is 5.80. The topological polar surface area (TPSA) is 79.6 Å². The van der Waals surface area contributed by atoms with Gasteiger partial charge in [0.25, 0.3) is 0 Å². The first kappa shape index (κ1) is 21.7. The molecule has 1 aromatic heterocycles. The van der Waals surface area contributed by atoms with Gasteiger partial charge in [-0.25, -0.2) is 9.38 Å². The first-order chi connectivity index (χ1) is 15.1. The Kier molecular flexibility index (Phi) is 6.82. The van der Waals surface area contributed by atoms with Gasteiger partial charge in [0.05, 0.1) is 13.2 Å². The molecule has 1 saturated carbocycles. The van der Waals surface area contributed by atoms with E-state index in [0.29, 0.717) is 13.1 Å². The number of hydrogen-bond donors (Lipinski definition) is 2. The lowest BCUT2D eigenvalue weighted by Gasteiger charge is -2.27. The highest BCUT2D eigenvalue weighted by Crippen LogP contribution is 2.48. The fraction of sp³-hybridized carbons (Fsp3) is 0.591. The molecule has 1 saturated heterocycles. The molecule has 8 nitrogen and oxygen atoms in total. The van der Waals surface area contributed by atoms with E-state index in [2.05, 4.69) is 25.7 Å². The minimum atomic E-state index is -0.153. The Labute approximate surface area is 182 Å². The lowest BCUT2D eigenvalue weighted by atomic mass is 9.95. The second-order valence-corrected chi connectivity index (χ2v) is 8.38. The van der Waals surface area contributed by atoms with Crippen LogP contribution in [0.4, 0.5) is 4.39 Å². The van der Waals surface area contributed by atoms with E-state index in [1.54, 1.807) is 12.1 Å². The lowest BCUT2D eigenvalue weighted by molar-refractivity contribution is 0.0389. The predicted molar refractivity (Wildman–Crippen MR) is 117 cm³/mol. The van der Waals surface area contributed by atoms with Gasteiger partial charge in [0, 0.05) is 45.2 Å². The lowest BCUT2D eigenvalue weighted by Crippen LogP contribution is -2.46. The molecule has 0 atom stereocenters. The molecule has 2 aliphatic rings. The van der Waals surface area contributed by atoms with Gasteiger partial charge in [-0.3, -0.25) is 4.90 Å². The van der Waals surface area contributed by atoms with E-state index in [1.807, 2.05) is 30.7 Å². The number of ether oxygens (including phenoxy) is 1. The Morgan fingerprint density at radius 1 is 1.19 bits per heavy atom. The van der Waals surface area contributed by atoms with Crippen molar-refractivity contribution in [1.29, 1.82) is 0 Å². The van der Waals surface area contributed by atoms with Crippen LogP contribution in [0.3, 0.4) is 0 Å². The van der Waals surface area contributed by atoms with Crippen molar-refractivity contribution in [2.24, 2.45) is 12.0 Å². The number of guanidine groups is 1. The molecule has 0 spiro atoms. The van der Waals surface area contributed by atoms with E-state index in [0.717, 1.165) is 75.4 Å². The highest BCUT2D eigenvalue weighted by atomic mass is 19.1. The third-order valence-electron chi connectivity index (χ3n) is 6.28.